The molecule has 1 aliphatic rings. The first-order valence-electron chi connectivity index (χ1n) is 7.10. The normalized spacial score (nSPS) is 19.4. The van der Waals surface area contributed by atoms with Gasteiger partial charge in [-0.2, -0.15) is 4.98 Å². The Morgan fingerprint density at radius 2 is 2.00 bits per heavy atom. The number of aliphatic hydroxyl groups is 1. The lowest BCUT2D eigenvalue weighted by molar-refractivity contribution is 0.0737. The molecule has 20 heavy (non-hydrogen) atoms. The van der Waals surface area contributed by atoms with E-state index < -0.39 is 0 Å². The standard InChI is InChI=1S/C13H24N4O3/c1-11(18)9-16-4-6-17(7-5-16)10-13-14-12(15-20-13)3-8-19-2/h11,18H,3-10H2,1-2H3/t11-/m1/s1. The van der Waals surface area contributed by atoms with E-state index in [2.05, 4.69) is 19.9 Å². The van der Waals surface area contributed by atoms with Crippen molar-refractivity contribution in [3.8, 4) is 0 Å². The van der Waals surface area contributed by atoms with E-state index in [1.807, 2.05) is 6.92 Å². The monoisotopic (exact) mass is 284 g/mol. The highest BCUT2D eigenvalue weighted by Gasteiger charge is 2.19. The average Bonchev–Trinajstić information content (AvgIpc) is 2.86. The molecule has 7 heteroatoms. The van der Waals surface area contributed by atoms with Gasteiger partial charge in [0.15, 0.2) is 5.82 Å². The maximum absolute atomic E-state index is 9.38. The van der Waals surface area contributed by atoms with Gasteiger partial charge in [0.05, 0.1) is 19.3 Å². The van der Waals surface area contributed by atoms with Gasteiger partial charge in [0.25, 0.3) is 0 Å². The number of hydrogen-bond acceptors (Lipinski definition) is 7. The summed E-state index contributed by atoms with van der Waals surface area (Å²) in [4.78, 5) is 8.93. The molecule has 1 aromatic heterocycles. The van der Waals surface area contributed by atoms with Crippen LogP contribution in [0.5, 0.6) is 0 Å². The predicted octanol–water partition coefficient (Wildman–Crippen LogP) is -0.243. The zero-order valence-electron chi connectivity index (χ0n) is 12.3. The van der Waals surface area contributed by atoms with E-state index in [1.165, 1.54) is 0 Å². The zero-order chi connectivity index (χ0) is 14.4. The van der Waals surface area contributed by atoms with Crippen LogP contribution in [0.15, 0.2) is 4.52 Å². The third-order valence-electron chi connectivity index (χ3n) is 3.39. The molecular formula is C13H24N4O3. The van der Waals surface area contributed by atoms with Crippen LogP contribution in [0.3, 0.4) is 0 Å². The van der Waals surface area contributed by atoms with Crippen molar-refractivity contribution in [1.29, 1.82) is 0 Å². The van der Waals surface area contributed by atoms with E-state index >= 15 is 0 Å². The minimum atomic E-state index is -0.263. The quantitative estimate of drug-likeness (QED) is 0.740. The van der Waals surface area contributed by atoms with Crippen LogP contribution in [-0.4, -0.2) is 77.6 Å². The average molecular weight is 284 g/mol. The van der Waals surface area contributed by atoms with E-state index in [0.717, 1.165) is 32.7 Å². The van der Waals surface area contributed by atoms with Crippen LogP contribution in [0.1, 0.15) is 18.6 Å². The first kappa shape index (κ1) is 15.4. The van der Waals surface area contributed by atoms with E-state index in [4.69, 9.17) is 9.26 Å². The summed E-state index contributed by atoms with van der Waals surface area (Å²) in [5.74, 6) is 1.37. The predicted molar refractivity (Wildman–Crippen MR) is 73.3 cm³/mol. The number of aliphatic hydroxyl groups excluding tert-OH is 1. The molecule has 0 bridgehead atoms. The lowest BCUT2D eigenvalue weighted by atomic mass is 10.3. The van der Waals surface area contributed by atoms with Gasteiger partial charge in [0, 0.05) is 46.3 Å². The van der Waals surface area contributed by atoms with Gasteiger partial charge in [-0.1, -0.05) is 5.16 Å². The second kappa shape index (κ2) is 7.68. The molecule has 0 spiro atoms. The van der Waals surface area contributed by atoms with Gasteiger partial charge in [0.1, 0.15) is 0 Å². The Hall–Kier alpha value is -1.02. The number of ether oxygens (including phenoxy) is 1. The molecule has 2 rings (SSSR count). The summed E-state index contributed by atoms with van der Waals surface area (Å²) in [6.45, 7) is 7.73. The highest BCUT2D eigenvalue weighted by molar-refractivity contribution is 4.87. The fourth-order valence-electron chi connectivity index (χ4n) is 2.34. The van der Waals surface area contributed by atoms with Crippen LogP contribution < -0.4 is 0 Å². The van der Waals surface area contributed by atoms with E-state index in [0.29, 0.717) is 31.3 Å². The summed E-state index contributed by atoms with van der Waals surface area (Å²) in [6, 6.07) is 0. The highest BCUT2D eigenvalue weighted by Crippen LogP contribution is 2.08. The summed E-state index contributed by atoms with van der Waals surface area (Å²) in [5.41, 5.74) is 0. The summed E-state index contributed by atoms with van der Waals surface area (Å²) in [6.07, 6.45) is 0.420. The summed E-state index contributed by atoms with van der Waals surface area (Å²) >= 11 is 0. The van der Waals surface area contributed by atoms with Crippen LogP contribution in [0.25, 0.3) is 0 Å². The van der Waals surface area contributed by atoms with Crippen molar-refractivity contribution in [2.24, 2.45) is 0 Å². The molecule has 1 atom stereocenters. The number of hydrogen-bond donors (Lipinski definition) is 1. The minimum Gasteiger partial charge on any atom is -0.392 e. The van der Waals surface area contributed by atoms with Crippen molar-refractivity contribution in [3.63, 3.8) is 0 Å². The maximum Gasteiger partial charge on any atom is 0.240 e. The van der Waals surface area contributed by atoms with Crippen LogP contribution in [0, 0.1) is 0 Å². The number of nitrogens with zero attached hydrogens (tertiary/aromatic N) is 4. The molecule has 7 nitrogen and oxygen atoms in total. The third kappa shape index (κ3) is 4.82. The zero-order valence-corrected chi connectivity index (χ0v) is 12.3. The number of β-amino-alcohol motifs (C(OH)–C–C–N with tert-alkyl or cyclic N) is 1. The van der Waals surface area contributed by atoms with Crippen molar-refractivity contribution in [1.82, 2.24) is 19.9 Å². The lowest BCUT2D eigenvalue weighted by Gasteiger charge is -2.34. The Morgan fingerprint density at radius 3 is 2.65 bits per heavy atom. The van der Waals surface area contributed by atoms with Crippen molar-refractivity contribution >= 4 is 0 Å². The van der Waals surface area contributed by atoms with E-state index in [9.17, 15) is 5.11 Å². The van der Waals surface area contributed by atoms with Crippen LogP contribution in [0.2, 0.25) is 0 Å². The lowest BCUT2D eigenvalue weighted by Crippen LogP contribution is -2.47. The molecule has 114 valence electrons. The Labute approximate surface area is 119 Å². The molecule has 2 heterocycles. The Bertz CT molecular complexity index is 389. The Kier molecular flexibility index (Phi) is 5.90. The second-order valence-electron chi connectivity index (χ2n) is 5.27. The highest BCUT2D eigenvalue weighted by atomic mass is 16.5. The van der Waals surface area contributed by atoms with E-state index in [-0.39, 0.29) is 6.10 Å². The molecular weight excluding hydrogens is 260 g/mol. The molecule has 1 fully saturated rings. The molecule has 0 saturated carbocycles. The van der Waals surface area contributed by atoms with Gasteiger partial charge in [-0.05, 0) is 6.92 Å². The maximum atomic E-state index is 9.38. The van der Waals surface area contributed by atoms with Crippen LogP contribution in [0.4, 0.5) is 0 Å². The second-order valence-corrected chi connectivity index (χ2v) is 5.27. The molecule has 1 aliphatic heterocycles. The van der Waals surface area contributed by atoms with Gasteiger partial charge < -0.3 is 14.4 Å². The fourth-order valence-corrected chi connectivity index (χ4v) is 2.34. The SMILES string of the molecule is COCCc1noc(CN2CCN(C[C@@H](C)O)CC2)n1. The summed E-state index contributed by atoms with van der Waals surface area (Å²) in [5, 5.41) is 13.3. The molecule has 0 aliphatic carbocycles. The first-order valence-corrected chi connectivity index (χ1v) is 7.10. The van der Waals surface area contributed by atoms with Crippen LogP contribution in [-0.2, 0) is 17.7 Å². The van der Waals surface area contributed by atoms with E-state index in [1.54, 1.807) is 7.11 Å². The first-order chi connectivity index (χ1) is 9.67. The molecule has 0 amide bonds. The molecule has 0 radical (unpaired) electrons. The number of methoxy groups -OCH3 is 1. The van der Waals surface area contributed by atoms with Crippen LogP contribution >= 0.6 is 0 Å². The smallest absolute Gasteiger partial charge is 0.240 e. The van der Waals surface area contributed by atoms with Crippen molar-refractivity contribution < 1.29 is 14.4 Å². The number of piperazine rings is 1. The molecule has 0 aromatic carbocycles. The number of aromatic nitrogens is 2. The topological polar surface area (TPSA) is 74.9 Å². The largest absolute Gasteiger partial charge is 0.392 e. The Balaban J connectivity index is 1.73. The molecule has 1 saturated heterocycles. The molecule has 1 N–H and O–H groups in total. The van der Waals surface area contributed by atoms with Gasteiger partial charge >= 0.3 is 0 Å². The van der Waals surface area contributed by atoms with Gasteiger partial charge in [0.2, 0.25) is 5.89 Å². The van der Waals surface area contributed by atoms with Crippen molar-refractivity contribution in [2.45, 2.75) is 26.0 Å². The van der Waals surface area contributed by atoms with Crippen molar-refractivity contribution in [2.75, 3.05) is 46.4 Å². The molecule has 1 aromatic rings. The van der Waals surface area contributed by atoms with Crippen molar-refractivity contribution in [3.05, 3.63) is 11.7 Å². The Morgan fingerprint density at radius 1 is 1.30 bits per heavy atom. The summed E-state index contributed by atoms with van der Waals surface area (Å²) < 4.78 is 10.2. The third-order valence-corrected chi connectivity index (χ3v) is 3.39. The van der Waals surface area contributed by atoms with Gasteiger partial charge in [-0.15, -0.1) is 0 Å². The summed E-state index contributed by atoms with van der Waals surface area (Å²) in [7, 11) is 1.66. The number of rotatable bonds is 7. The fraction of sp³-hybridized carbons (Fsp3) is 0.846. The molecule has 0 unspecified atom stereocenters. The van der Waals surface area contributed by atoms with Gasteiger partial charge in [-0.3, -0.25) is 9.80 Å². The minimum absolute atomic E-state index is 0.263. The van der Waals surface area contributed by atoms with Gasteiger partial charge in [-0.25, -0.2) is 0 Å².